The van der Waals surface area contributed by atoms with E-state index in [2.05, 4.69) is 33.7 Å². The minimum absolute atomic E-state index is 0.0768. The van der Waals surface area contributed by atoms with Gasteiger partial charge < -0.3 is 14.3 Å². The third-order valence-corrected chi connectivity index (χ3v) is 4.41. The Hall–Kier alpha value is -1.62. The SMILES string of the molecule is Cc1cnc(C(C)n2cncc2C2(C)CCNCC2)o1. The van der Waals surface area contributed by atoms with E-state index in [0.717, 1.165) is 37.6 Å². The number of piperidine rings is 1. The van der Waals surface area contributed by atoms with Gasteiger partial charge >= 0.3 is 0 Å². The zero-order valence-corrected chi connectivity index (χ0v) is 12.4. The number of aromatic nitrogens is 3. The number of hydrogen-bond donors (Lipinski definition) is 1. The van der Waals surface area contributed by atoms with Gasteiger partial charge in [-0.1, -0.05) is 6.92 Å². The molecule has 5 nitrogen and oxygen atoms in total. The molecule has 2 aromatic rings. The summed E-state index contributed by atoms with van der Waals surface area (Å²) in [7, 11) is 0. The number of nitrogens with zero attached hydrogens (tertiary/aromatic N) is 3. The summed E-state index contributed by atoms with van der Waals surface area (Å²) in [4.78, 5) is 8.72. The number of rotatable bonds is 3. The van der Waals surface area contributed by atoms with Crippen molar-refractivity contribution < 1.29 is 4.42 Å². The Labute approximate surface area is 119 Å². The van der Waals surface area contributed by atoms with Crippen LogP contribution in [0.4, 0.5) is 0 Å². The minimum Gasteiger partial charge on any atom is -0.444 e. The van der Waals surface area contributed by atoms with Crippen molar-refractivity contribution in [2.75, 3.05) is 13.1 Å². The second kappa shape index (κ2) is 5.05. The van der Waals surface area contributed by atoms with Crippen molar-refractivity contribution in [3.63, 3.8) is 0 Å². The Morgan fingerprint density at radius 2 is 2.10 bits per heavy atom. The molecule has 1 atom stereocenters. The summed E-state index contributed by atoms with van der Waals surface area (Å²) in [5.74, 6) is 1.60. The van der Waals surface area contributed by atoms with E-state index in [4.69, 9.17) is 4.42 Å². The zero-order valence-electron chi connectivity index (χ0n) is 12.4. The summed E-state index contributed by atoms with van der Waals surface area (Å²) in [6, 6.07) is 0.0768. The Morgan fingerprint density at radius 3 is 2.75 bits per heavy atom. The second-order valence-corrected chi connectivity index (χ2v) is 5.98. The van der Waals surface area contributed by atoms with Crippen LogP contribution in [0.5, 0.6) is 0 Å². The maximum atomic E-state index is 5.67. The topological polar surface area (TPSA) is 55.9 Å². The van der Waals surface area contributed by atoms with Crippen LogP contribution in [0.1, 0.15) is 50.1 Å². The third kappa shape index (κ3) is 2.26. The fourth-order valence-electron chi connectivity index (χ4n) is 3.00. The average Bonchev–Trinajstić information content (AvgIpc) is 3.07. The van der Waals surface area contributed by atoms with Gasteiger partial charge in [0.05, 0.1) is 12.5 Å². The van der Waals surface area contributed by atoms with Gasteiger partial charge in [0.25, 0.3) is 0 Å². The molecule has 1 aliphatic heterocycles. The van der Waals surface area contributed by atoms with Crippen LogP contribution in [0.2, 0.25) is 0 Å². The summed E-state index contributed by atoms with van der Waals surface area (Å²) in [5, 5.41) is 3.43. The van der Waals surface area contributed by atoms with Gasteiger partial charge in [-0.2, -0.15) is 0 Å². The Kier molecular flexibility index (Phi) is 3.38. The van der Waals surface area contributed by atoms with E-state index in [0.29, 0.717) is 0 Å². The number of hydrogen-bond acceptors (Lipinski definition) is 4. The summed E-state index contributed by atoms with van der Waals surface area (Å²) >= 11 is 0. The summed E-state index contributed by atoms with van der Waals surface area (Å²) < 4.78 is 7.88. The minimum atomic E-state index is 0.0768. The first kappa shape index (κ1) is 13.4. The van der Waals surface area contributed by atoms with Crippen LogP contribution in [0, 0.1) is 6.92 Å². The van der Waals surface area contributed by atoms with Gasteiger partial charge in [0.15, 0.2) is 0 Å². The highest BCUT2D eigenvalue weighted by Gasteiger charge is 2.33. The Balaban J connectivity index is 1.93. The van der Waals surface area contributed by atoms with Crippen molar-refractivity contribution in [2.45, 2.75) is 45.1 Å². The normalized spacial score (nSPS) is 19.9. The van der Waals surface area contributed by atoms with Gasteiger partial charge in [-0.05, 0) is 39.8 Å². The average molecular weight is 274 g/mol. The summed E-state index contributed by atoms with van der Waals surface area (Å²) in [6.07, 6.45) is 7.94. The molecule has 0 aromatic carbocycles. The van der Waals surface area contributed by atoms with E-state index in [1.165, 1.54) is 5.69 Å². The second-order valence-electron chi connectivity index (χ2n) is 5.98. The molecule has 3 rings (SSSR count). The molecule has 1 fully saturated rings. The molecule has 0 amide bonds. The highest BCUT2D eigenvalue weighted by Crippen LogP contribution is 2.34. The Morgan fingerprint density at radius 1 is 1.35 bits per heavy atom. The fraction of sp³-hybridized carbons (Fsp3) is 0.600. The zero-order chi connectivity index (χ0) is 14.2. The number of aryl methyl sites for hydroxylation is 1. The van der Waals surface area contributed by atoms with Crippen LogP contribution in [-0.2, 0) is 5.41 Å². The predicted molar refractivity (Wildman–Crippen MR) is 76.7 cm³/mol. The van der Waals surface area contributed by atoms with Gasteiger partial charge in [-0.25, -0.2) is 9.97 Å². The standard InChI is InChI=1S/C15H22N4O/c1-11-8-18-14(20-11)12(2)19-10-17-9-13(19)15(3)4-6-16-7-5-15/h8-10,12,16H,4-7H2,1-3H3. The third-order valence-electron chi connectivity index (χ3n) is 4.41. The lowest BCUT2D eigenvalue weighted by Gasteiger charge is -2.35. The van der Waals surface area contributed by atoms with Crippen LogP contribution in [-0.4, -0.2) is 27.6 Å². The molecule has 108 valence electrons. The molecule has 0 saturated carbocycles. The highest BCUT2D eigenvalue weighted by atomic mass is 16.4. The van der Waals surface area contributed by atoms with Crippen molar-refractivity contribution in [3.05, 3.63) is 36.1 Å². The van der Waals surface area contributed by atoms with Gasteiger partial charge in [-0.15, -0.1) is 0 Å². The molecule has 0 bridgehead atoms. The molecule has 20 heavy (non-hydrogen) atoms. The van der Waals surface area contributed by atoms with Crippen molar-refractivity contribution in [2.24, 2.45) is 0 Å². The smallest absolute Gasteiger partial charge is 0.217 e. The van der Waals surface area contributed by atoms with Crippen LogP contribution in [0.15, 0.2) is 23.1 Å². The maximum absolute atomic E-state index is 5.67. The molecule has 3 heterocycles. The van der Waals surface area contributed by atoms with Crippen LogP contribution in [0.25, 0.3) is 0 Å². The van der Waals surface area contributed by atoms with Gasteiger partial charge in [0.1, 0.15) is 11.8 Å². The van der Waals surface area contributed by atoms with E-state index in [1.54, 1.807) is 6.20 Å². The van der Waals surface area contributed by atoms with Crippen molar-refractivity contribution in [1.29, 1.82) is 0 Å². The van der Waals surface area contributed by atoms with E-state index in [1.807, 2.05) is 19.4 Å². The molecule has 0 spiro atoms. The molecule has 1 N–H and O–H groups in total. The molecular weight excluding hydrogens is 252 g/mol. The van der Waals surface area contributed by atoms with E-state index in [9.17, 15) is 0 Å². The van der Waals surface area contributed by atoms with E-state index in [-0.39, 0.29) is 11.5 Å². The molecule has 2 aromatic heterocycles. The molecular formula is C15H22N4O. The first-order valence-corrected chi connectivity index (χ1v) is 7.25. The molecule has 0 radical (unpaired) electrons. The van der Waals surface area contributed by atoms with E-state index < -0.39 is 0 Å². The van der Waals surface area contributed by atoms with Crippen molar-refractivity contribution in [1.82, 2.24) is 19.9 Å². The largest absolute Gasteiger partial charge is 0.444 e. The summed E-state index contributed by atoms with van der Waals surface area (Å²) in [5.41, 5.74) is 1.46. The van der Waals surface area contributed by atoms with Gasteiger partial charge in [-0.3, -0.25) is 0 Å². The quantitative estimate of drug-likeness (QED) is 0.934. The Bertz CT molecular complexity index is 580. The molecule has 1 aliphatic rings. The summed E-state index contributed by atoms with van der Waals surface area (Å²) in [6.45, 7) is 8.49. The number of oxazole rings is 1. The van der Waals surface area contributed by atoms with Gasteiger partial charge in [0, 0.05) is 17.3 Å². The van der Waals surface area contributed by atoms with Crippen LogP contribution < -0.4 is 5.32 Å². The monoisotopic (exact) mass is 274 g/mol. The fourth-order valence-corrected chi connectivity index (χ4v) is 3.00. The van der Waals surface area contributed by atoms with Crippen molar-refractivity contribution in [3.8, 4) is 0 Å². The van der Waals surface area contributed by atoms with Crippen LogP contribution in [0.3, 0.4) is 0 Å². The first-order valence-electron chi connectivity index (χ1n) is 7.25. The molecule has 1 unspecified atom stereocenters. The maximum Gasteiger partial charge on any atom is 0.217 e. The molecule has 1 saturated heterocycles. The molecule has 5 heteroatoms. The number of imidazole rings is 1. The van der Waals surface area contributed by atoms with Crippen molar-refractivity contribution >= 4 is 0 Å². The van der Waals surface area contributed by atoms with Crippen LogP contribution >= 0.6 is 0 Å². The van der Waals surface area contributed by atoms with Gasteiger partial charge in [0.2, 0.25) is 5.89 Å². The van der Waals surface area contributed by atoms with E-state index >= 15 is 0 Å². The lowest BCUT2D eigenvalue weighted by molar-refractivity contribution is 0.307. The lowest BCUT2D eigenvalue weighted by atomic mass is 9.78. The number of nitrogens with one attached hydrogen (secondary N) is 1. The molecule has 0 aliphatic carbocycles. The first-order chi connectivity index (χ1) is 9.60. The highest BCUT2D eigenvalue weighted by molar-refractivity contribution is 5.18. The predicted octanol–water partition coefficient (Wildman–Crippen LogP) is 2.43. The lowest BCUT2D eigenvalue weighted by Crippen LogP contribution is -2.39.